The largest absolute Gasteiger partial charge is 0.338 e. The van der Waals surface area contributed by atoms with Crippen LogP contribution in [0.3, 0.4) is 0 Å². The van der Waals surface area contributed by atoms with Crippen molar-refractivity contribution >= 4 is 17.1 Å². The predicted molar refractivity (Wildman–Crippen MR) is 82.9 cm³/mol. The average Bonchev–Trinajstić information content (AvgIpc) is 3.16. The number of amides is 1. The number of hydrogen-bond acceptors (Lipinski definition) is 3. The zero-order chi connectivity index (χ0) is 16.5. The van der Waals surface area contributed by atoms with Crippen molar-refractivity contribution in [2.45, 2.75) is 37.6 Å². The second kappa shape index (κ2) is 4.74. The molecule has 2 atom stereocenters. The van der Waals surface area contributed by atoms with Crippen molar-refractivity contribution in [2.24, 2.45) is 11.8 Å². The summed E-state index contributed by atoms with van der Waals surface area (Å²) in [5, 5.41) is 0. The van der Waals surface area contributed by atoms with E-state index in [0.29, 0.717) is 17.1 Å². The van der Waals surface area contributed by atoms with Crippen molar-refractivity contribution in [3.63, 3.8) is 0 Å². The van der Waals surface area contributed by atoms with E-state index in [2.05, 4.69) is 14.5 Å². The van der Waals surface area contributed by atoms with Gasteiger partial charge in [0, 0.05) is 25.3 Å². The molecule has 24 heavy (non-hydrogen) atoms. The molecular formula is C17H18F2N4O. The Morgan fingerprint density at radius 3 is 2.58 bits per heavy atom. The maximum atomic E-state index is 13.3. The van der Waals surface area contributed by atoms with Crippen molar-refractivity contribution in [1.82, 2.24) is 19.4 Å². The molecule has 0 aromatic carbocycles. The lowest BCUT2D eigenvalue weighted by Crippen LogP contribution is -2.33. The summed E-state index contributed by atoms with van der Waals surface area (Å²) in [4.78, 5) is 22.9. The molecule has 0 bridgehead atoms. The van der Waals surface area contributed by atoms with E-state index < -0.39 is 17.8 Å². The van der Waals surface area contributed by atoms with Crippen LogP contribution in [0.4, 0.5) is 8.78 Å². The number of carbonyl (C=O) groups excluding carboxylic acids is 1. The van der Waals surface area contributed by atoms with E-state index >= 15 is 0 Å². The van der Waals surface area contributed by atoms with Crippen molar-refractivity contribution in [2.75, 3.05) is 13.1 Å². The first-order valence-corrected chi connectivity index (χ1v) is 8.55. The summed E-state index contributed by atoms with van der Waals surface area (Å²) < 4.78 is 28.7. The predicted octanol–water partition coefficient (Wildman–Crippen LogP) is 2.88. The molecule has 2 saturated carbocycles. The summed E-state index contributed by atoms with van der Waals surface area (Å²) in [6.45, 7) is 0.288. The highest BCUT2D eigenvalue weighted by Crippen LogP contribution is 2.59. The van der Waals surface area contributed by atoms with Crippen LogP contribution in [0.5, 0.6) is 0 Å². The van der Waals surface area contributed by atoms with Gasteiger partial charge in [0.25, 0.3) is 11.8 Å². The Labute approximate surface area is 137 Å². The van der Waals surface area contributed by atoms with Gasteiger partial charge < -0.3 is 9.47 Å². The van der Waals surface area contributed by atoms with E-state index in [1.807, 2.05) is 0 Å². The number of fused-ring (bicyclic) bond motifs is 2. The summed E-state index contributed by atoms with van der Waals surface area (Å²) in [5.41, 5.74) is 1.93. The first-order valence-electron chi connectivity index (χ1n) is 8.55. The topological polar surface area (TPSA) is 51.0 Å². The quantitative estimate of drug-likeness (QED) is 0.850. The van der Waals surface area contributed by atoms with Gasteiger partial charge in [-0.15, -0.1) is 0 Å². The molecule has 2 aromatic heterocycles. The minimum atomic E-state index is -2.57. The second-order valence-corrected chi connectivity index (χ2v) is 7.25. The van der Waals surface area contributed by atoms with Crippen LogP contribution in [0.15, 0.2) is 18.6 Å². The van der Waals surface area contributed by atoms with E-state index in [-0.39, 0.29) is 19.0 Å². The van der Waals surface area contributed by atoms with Crippen LogP contribution >= 0.6 is 0 Å². The maximum Gasteiger partial charge on any atom is 0.258 e. The number of pyridine rings is 1. The van der Waals surface area contributed by atoms with Gasteiger partial charge in [-0.3, -0.25) is 4.79 Å². The number of likely N-dealkylation sites (tertiary alicyclic amines) is 1. The Morgan fingerprint density at radius 2 is 1.88 bits per heavy atom. The average molecular weight is 332 g/mol. The zero-order valence-electron chi connectivity index (χ0n) is 13.2. The van der Waals surface area contributed by atoms with Gasteiger partial charge in [0.2, 0.25) is 0 Å². The van der Waals surface area contributed by atoms with E-state index in [4.69, 9.17) is 0 Å². The molecule has 126 valence electrons. The Kier molecular flexibility index (Phi) is 2.82. The van der Waals surface area contributed by atoms with Crippen LogP contribution in [0.2, 0.25) is 0 Å². The van der Waals surface area contributed by atoms with Crippen LogP contribution in [0.1, 0.15) is 42.1 Å². The fourth-order valence-electron chi connectivity index (χ4n) is 4.34. The Balaban J connectivity index is 1.39. The van der Waals surface area contributed by atoms with Gasteiger partial charge in [0.05, 0.1) is 23.7 Å². The van der Waals surface area contributed by atoms with E-state index in [9.17, 15) is 13.6 Å². The zero-order valence-corrected chi connectivity index (χ0v) is 13.2. The molecule has 3 fully saturated rings. The molecule has 5 nitrogen and oxygen atoms in total. The van der Waals surface area contributed by atoms with Crippen LogP contribution in [-0.2, 0) is 0 Å². The number of alkyl halides is 2. The van der Waals surface area contributed by atoms with E-state index in [1.54, 1.807) is 18.6 Å². The molecular weight excluding hydrogens is 314 g/mol. The van der Waals surface area contributed by atoms with Gasteiger partial charge in [-0.25, -0.2) is 18.7 Å². The first kappa shape index (κ1) is 14.3. The lowest BCUT2D eigenvalue weighted by atomic mass is 10.2. The summed E-state index contributed by atoms with van der Waals surface area (Å²) in [5.74, 6) is -4.10. The van der Waals surface area contributed by atoms with Gasteiger partial charge in [-0.05, 0) is 18.9 Å². The number of nitrogens with zero attached hydrogens (tertiary/aromatic N) is 4. The number of piperidine rings is 1. The first-order chi connectivity index (χ1) is 11.6. The summed E-state index contributed by atoms with van der Waals surface area (Å²) >= 11 is 0. The minimum Gasteiger partial charge on any atom is -0.338 e. The van der Waals surface area contributed by atoms with Crippen molar-refractivity contribution < 1.29 is 13.6 Å². The van der Waals surface area contributed by atoms with Crippen molar-refractivity contribution in [1.29, 1.82) is 0 Å². The van der Waals surface area contributed by atoms with E-state index in [0.717, 1.165) is 18.5 Å². The third kappa shape index (κ3) is 1.93. The summed E-state index contributed by atoms with van der Waals surface area (Å²) in [6, 6.07) is 2.18. The fraction of sp³-hybridized carbons (Fsp3) is 0.588. The third-order valence-electron chi connectivity index (χ3n) is 5.86. The number of aromatic nitrogens is 3. The molecule has 1 saturated heterocycles. The van der Waals surface area contributed by atoms with Gasteiger partial charge in [0.15, 0.2) is 5.65 Å². The SMILES string of the molecule is O=C(c1cnc2c(c1)ncn2C1CCCC1)N1CC2C(C1)C2(F)F. The van der Waals surface area contributed by atoms with Gasteiger partial charge in [-0.2, -0.15) is 0 Å². The number of halogens is 2. The van der Waals surface area contributed by atoms with Crippen LogP contribution in [0, 0.1) is 11.8 Å². The monoisotopic (exact) mass is 332 g/mol. The van der Waals surface area contributed by atoms with Crippen molar-refractivity contribution in [3.8, 4) is 0 Å². The number of rotatable bonds is 2. The van der Waals surface area contributed by atoms with Gasteiger partial charge >= 0.3 is 0 Å². The molecule has 5 rings (SSSR count). The second-order valence-electron chi connectivity index (χ2n) is 7.25. The normalized spacial score (nSPS) is 28.5. The number of hydrogen-bond donors (Lipinski definition) is 0. The van der Waals surface area contributed by atoms with Crippen LogP contribution in [0.25, 0.3) is 11.2 Å². The fourth-order valence-corrected chi connectivity index (χ4v) is 4.34. The molecule has 0 radical (unpaired) electrons. The maximum absolute atomic E-state index is 13.3. The molecule has 1 amide bonds. The lowest BCUT2D eigenvalue weighted by molar-refractivity contribution is 0.0458. The Hall–Kier alpha value is -2.05. The summed E-state index contributed by atoms with van der Waals surface area (Å²) in [7, 11) is 0. The molecule has 0 spiro atoms. The minimum absolute atomic E-state index is 0.144. The van der Waals surface area contributed by atoms with Crippen LogP contribution in [-0.4, -0.2) is 44.4 Å². The third-order valence-corrected chi connectivity index (χ3v) is 5.86. The highest BCUT2D eigenvalue weighted by molar-refractivity contribution is 5.96. The van der Waals surface area contributed by atoms with E-state index in [1.165, 1.54) is 17.7 Å². The molecule has 2 aliphatic carbocycles. The van der Waals surface area contributed by atoms with Gasteiger partial charge in [-0.1, -0.05) is 12.8 Å². The molecule has 7 heteroatoms. The molecule has 1 aliphatic heterocycles. The Bertz CT molecular complexity index is 813. The van der Waals surface area contributed by atoms with Gasteiger partial charge in [0.1, 0.15) is 5.52 Å². The van der Waals surface area contributed by atoms with Crippen molar-refractivity contribution in [3.05, 3.63) is 24.2 Å². The number of imidazole rings is 1. The molecule has 3 aliphatic rings. The number of carbonyl (C=O) groups is 1. The molecule has 0 N–H and O–H groups in total. The summed E-state index contributed by atoms with van der Waals surface area (Å²) in [6.07, 6.45) is 8.08. The molecule has 3 heterocycles. The standard InChI is InChI=1S/C17H18F2N4O/c18-17(19)12-7-22(8-13(12)17)16(24)10-5-14-15(20-6-10)23(9-21-14)11-3-1-2-4-11/h5-6,9,11-13H,1-4,7-8H2. The van der Waals surface area contributed by atoms with Crippen LogP contribution < -0.4 is 0 Å². The highest BCUT2D eigenvalue weighted by atomic mass is 19.3. The lowest BCUT2D eigenvalue weighted by Gasteiger charge is -2.19. The Morgan fingerprint density at radius 1 is 1.17 bits per heavy atom. The smallest absolute Gasteiger partial charge is 0.258 e. The molecule has 2 aromatic rings. The highest BCUT2D eigenvalue weighted by Gasteiger charge is 2.72. The molecule has 2 unspecified atom stereocenters.